The van der Waals surface area contributed by atoms with Gasteiger partial charge in [-0.05, 0) is 31.2 Å². The molecule has 1 aromatic carbocycles. The predicted octanol–water partition coefficient (Wildman–Crippen LogP) is 3.15. The third-order valence-corrected chi connectivity index (χ3v) is 4.41. The van der Waals surface area contributed by atoms with E-state index in [0.717, 1.165) is 37.0 Å². The van der Waals surface area contributed by atoms with Crippen LogP contribution in [0.25, 0.3) is 0 Å². The van der Waals surface area contributed by atoms with Crippen LogP contribution in [0.15, 0.2) is 35.8 Å². The molecule has 106 valence electrons. The van der Waals surface area contributed by atoms with Crippen molar-refractivity contribution >= 4 is 22.7 Å². The molecule has 0 spiro atoms. The molecule has 1 aromatic heterocycles. The van der Waals surface area contributed by atoms with Gasteiger partial charge in [0.1, 0.15) is 5.01 Å². The lowest BCUT2D eigenvalue weighted by Gasteiger charge is -2.29. The van der Waals surface area contributed by atoms with E-state index >= 15 is 0 Å². The number of nitrogens with zero attached hydrogens (tertiary/aromatic N) is 2. The molecule has 2 heterocycles. The fourth-order valence-corrected chi connectivity index (χ4v) is 3.00. The van der Waals surface area contributed by atoms with Crippen LogP contribution >= 0.6 is 11.3 Å². The lowest BCUT2D eigenvalue weighted by atomic mass is 10.2. The Bertz CT molecular complexity index is 521. The molecule has 20 heavy (non-hydrogen) atoms. The van der Waals surface area contributed by atoms with Gasteiger partial charge in [-0.15, -0.1) is 11.3 Å². The Morgan fingerprint density at radius 1 is 1.25 bits per heavy atom. The number of benzene rings is 1. The standard InChI is InChI=1S/C15H19N3OS/c1-12(15-16-6-11-20-15)17-13-2-4-14(5-3-13)18-7-9-19-10-8-18/h2-6,11-12,17H,7-10H2,1H3. The highest BCUT2D eigenvalue weighted by molar-refractivity contribution is 7.09. The summed E-state index contributed by atoms with van der Waals surface area (Å²) in [5.74, 6) is 0. The van der Waals surface area contributed by atoms with Gasteiger partial charge < -0.3 is 15.0 Å². The fourth-order valence-electron chi connectivity index (χ4n) is 2.35. The molecule has 0 saturated carbocycles. The van der Waals surface area contributed by atoms with Crippen molar-refractivity contribution in [2.24, 2.45) is 0 Å². The van der Waals surface area contributed by atoms with Crippen LogP contribution in [0, 0.1) is 0 Å². The van der Waals surface area contributed by atoms with Crippen LogP contribution in [0.5, 0.6) is 0 Å². The molecule has 0 bridgehead atoms. The largest absolute Gasteiger partial charge is 0.378 e. The maximum absolute atomic E-state index is 5.38. The minimum Gasteiger partial charge on any atom is -0.378 e. The Labute approximate surface area is 123 Å². The van der Waals surface area contributed by atoms with E-state index in [-0.39, 0.29) is 6.04 Å². The molecular weight excluding hydrogens is 270 g/mol. The van der Waals surface area contributed by atoms with Gasteiger partial charge in [0.25, 0.3) is 0 Å². The third-order valence-electron chi connectivity index (χ3n) is 3.45. The van der Waals surface area contributed by atoms with Gasteiger partial charge in [-0.3, -0.25) is 0 Å². The fraction of sp³-hybridized carbons (Fsp3) is 0.400. The maximum Gasteiger partial charge on any atom is 0.115 e. The summed E-state index contributed by atoms with van der Waals surface area (Å²) in [6.45, 7) is 5.72. The number of anilines is 2. The Balaban J connectivity index is 1.63. The van der Waals surface area contributed by atoms with Gasteiger partial charge in [0.05, 0.1) is 19.3 Å². The molecule has 1 aliphatic rings. The van der Waals surface area contributed by atoms with Crippen LogP contribution in [0.4, 0.5) is 11.4 Å². The second-order valence-corrected chi connectivity index (χ2v) is 5.81. The Kier molecular flexibility index (Phi) is 4.18. The van der Waals surface area contributed by atoms with Crippen LogP contribution < -0.4 is 10.2 Å². The van der Waals surface area contributed by atoms with E-state index in [4.69, 9.17) is 4.74 Å². The minimum absolute atomic E-state index is 0.240. The van der Waals surface area contributed by atoms with E-state index in [1.807, 2.05) is 11.6 Å². The lowest BCUT2D eigenvalue weighted by Crippen LogP contribution is -2.36. The Morgan fingerprint density at radius 2 is 2.00 bits per heavy atom. The van der Waals surface area contributed by atoms with Crippen LogP contribution in [-0.2, 0) is 4.74 Å². The molecule has 4 nitrogen and oxygen atoms in total. The zero-order valence-electron chi connectivity index (χ0n) is 11.6. The van der Waals surface area contributed by atoms with E-state index in [1.165, 1.54) is 5.69 Å². The van der Waals surface area contributed by atoms with Crippen molar-refractivity contribution in [3.05, 3.63) is 40.8 Å². The summed E-state index contributed by atoms with van der Waals surface area (Å²) in [6, 6.07) is 8.85. The molecule has 1 N–H and O–H groups in total. The lowest BCUT2D eigenvalue weighted by molar-refractivity contribution is 0.122. The molecule has 1 fully saturated rings. The zero-order valence-corrected chi connectivity index (χ0v) is 12.4. The molecule has 0 amide bonds. The highest BCUT2D eigenvalue weighted by Crippen LogP contribution is 2.23. The van der Waals surface area contributed by atoms with Crippen molar-refractivity contribution < 1.29 is 4.74 Å². The number of morpholine rings is 1. The number of aromatic nitrogens is 1. The molecule has 1 unspecified atom stereocenters. The summed E-state index contributed by atoms with van der Waals surface area (Å²) in [7, 11) is 0. The third kappa shape index (κ3) is 3.11. The first kappa shape index (κ1) is 13.4. The topological polar surface area (TPSA) is 37.4 Å². The van der Waals surface area contributed by atoms with E-state index in [9.17, 15) is 0 Å². The van der Waals surface area contributed by atoms with Gasteiger partial charge in [0.2, 0.25) is 0 Å². The number of hydrogen-bond acceptors (Lipinski definition) is 5. The highest BCUT2D eigenvalue weighted by Gasteiger charge is 2.11. The monoisotopic (exact) mass is 289 g/mol. The van der Waals surface area contributed by atoms with Crippen LogP contribution in [0.3, 0.4) is 0 Å². The molecule has 3 rings (SSSR count). The smallest absolute Gasteiger partial charge is 0.115 e. The molecular formula is C15H19N3OS. The van der Waals surface area contributed by atoms with Crippen LogP contribution in [-0.4, -0.2) is 31.3 Å². The summed E-state index contributed by atoms with van der Waals surface area (Å²) >= 11 is 1.68. The second-order valence-electron chi connectivity index (χ2n) is 4.88. The molecule has 2 aromatic rings. The van der Waals surface area contributed by atoms with Crippen molar-refractivity contribution in [2.75, 3.05) is 36.5 Å². The van der Waals surface area contributed by atoms with Crippen molar-refractivity contribution in [3.8, 4) is 0 Å². The van der Waals surface area contributed by atoms with Crippen molar-refractivity contribution in [1.82, 2.24) is 4.98 Å². The molecule has 5 heteroatoms. The van der Waals surface area contributed by atoms with Crippen molar-refractivity contribution in [1.29, 1.82) is 0 Å². The number of thiazole rings is 1. The van der Waals surface area contributed by atoms with Gasteiger partial charge in [-0.2, -0.15) is 0 Å². The first-order valence-electron chi connectivity index (χ1n) is 6.91. The average Bonchev–Trinajstić information content (AvgIpc) is 3.03. The Morgan fingerprint density at radius 3 is 2.65 bits per heavy atom. The highest BCUT2D eigenvalue weighted by atomic mass is 32.1. The molecule has 1 atom stereocenters. The van der Waals surface area contributed by atoms with Crippen LogP contribution in [0.1, 0.15) is 18.0 Å². The summed E-state index contributed by atoms with van der Waals surface area (Å²) in [4.78, 5) is 6.70. The molecule has 1 aliphatic heterocycles. The van der Waals surface area contributed by atoms with E-state index < -0.39 is 0 Å². The van der Waals surface area contributed by atoms with E-state index in [2.05, 4.69) is 46.4 Å². The normalized spacial score (nSPS) is 16.9. The summed E-state index contributed by atoms with van der Waals surface area (Å²) in [6.07, 6.45) is 1.85. The molecule has 0 radical (unpaired) electrons. The second kappa shape index (κ2) is 6.24. The van der Waals surface area contributed by atoms with Gasteiger partial charge in [-0.25, -0.2) is 4.98 Å². The van der Waals surface area contributed by atoms with Gasteiger partial charge in [-0.1, -0.05) is 0 Å². The van der Waals surface area contributed by atoms with Crippen molar-refractivity contribution in [3.63, 3.8) is 0 Å². The van der Waals surface area contributed by atoms with E-state index in [0.29, 0.717) is 0 Å². The number of rotatable bonds is 4. The maximum atomic E-state index is 5.38. The SMILES string of the molecule is CC(Nc1ccc(N2CCOCC2)cc1)c1nccs1. The minimum atomic E-state index is 0.240. The van der Waals surface area contributed by atoms with E-state index in [1.54, 1.807) is 11.3 Å². The quantitative estimate of drug-likeness (QED) is 0.938. The number of hydrogen-bond donors (Lipinski definition) is 1. The Hall–Kier alpha value is -1.59. The van der Waals surface area contributed by atoms with Gasteiger partial charge >= 0.3 is 0 Å². The predicted molar refractivity (Wildman–Crippen MR) is 83.6 cm³/mol. The summed E-state index contributed by atoms with van der Waals surface area (Å²) < 4.78 is 5.38. The first-order valence-corrected chi connectivity index (χ1v) is 7.79. The number of nitrogens with one attached hydrogen (secondary N) is 1. The molecule has 0 aliphatic carbocycles. The zero-order chi connectivity index (χ0) is 13.8. The van der Waals surface area contributed by atoms with Gasteiger partial charge in [0, 0.05) is 36.0 Å². The van der Waals surface area contributed by atoms with Gasteiger partial charge in [0.15, 0.2) is 0 Å². The summed E-state index contributed by atoms with van der Waals surface area (Å²) in [5, 5.41) is 6.60. The average molecular weight is 289 g/mol. The van der Waals surface area contributed by atoms with Crippen LogP contribution in [0.2, 0.25) is 0 Å². The summed E-state index contributed by atoms with van der Waals surface area (Å²) in [5.41, 5.74) is 2.39. The first-order chi connectivity index (χ1) is 9.83. The molecule has 1 saturated heterocycles. The number of ether oxygens (including phenoxy) is 1. The van der Waals surface area contributed by atoms with Crippen molar-refractivity contribution in [2.45, 2.75) is 13.0 Å².